The van der Waals surface area contributed by atoms with Gasteiger partial charge in [0, 0.05) is 19.0 Å². The van der Waals surface area contributed by atoms with Crippen molar-refractivity contribution in [2.24, 2.45) is 11.1 Å². The summed E-state index contributed by atoms with van der Waals surface area (Å²) in [6.45, 7) is 1.51. The van der Waals surface area contributed by atoms with Gasteiger partial charge in [-0.15, -0.1) is 0 Å². The fourth-order valence-electron chi connectivity index (χ4n) is 1.90. The number of nitrogens with one attached hydrogen (secondary N) is 1. The summed E-state index contributed by atoms with van der Waals surface area (Å²) in [5, 5.41) is 22.1. The molecule has 1 fully saturated rings. The third-order valence-electron chi connectivity index (χ3n) is 3.07. The Bertz CT molecular complexity index is 365. The molecule has 108 valence electrons. The third-order valence-corrected chi connectivity index (χ3v) is 3.07. The zero-order valence-electron chi connectivity index (χ0n) is 10.7. The molecular formula is C11H18FN3O4. The van der Waals surface area contributed by atoms with E-state index in [9.17, 15) is 14.0 Å². The van der Waals surface area contributed by atoms with Crippen molar-refractivity contribution >= 4 is 18.2 Å². The highest BCUT2D eigenvalue weighted by molar-refractivity contribution is 5.80. The smallest absolute Gasteiger partial charge is 0.407 e. The molecule has 19 heavy (non-hydrogen) atoms. The van der Waals surface area contributed by atoms with E-state index < -0.39 is 11.8 Å². The number of oxime groups is 1. The van der Waals surface area contributed by atoms with Crippen LogP contribution in [0.15, 0.2) is 5.16 Å². The lowest BCUT2D eigenvalue weighted by molar-refractivity contribution is -0.126. The molecule has 0 saturated carbocycles. The molecule has 7 nitrogen and oxygen atoms in total. The maximum Gasteiger partial charge on any atom is 0.407 e. The van der Waals surface area contributed by atoms with Crippen LogP contribution in [0.4, 0.5) is 9.18 Å². The van der Waals surface area contributed by atoms with Crippen LogP contribution in [0.25, 0.3) is 0 Å². The van der Waals surface area contributed by atoms with E-state index in [1.165, 1.54) is 11.8 Å². The normalized spacial score (nSPS) is 20.2. The molecule has 1 saturated heterocycles. The number of rotatable bonds is 4. The van der Waals surface area contributed by atoms with E-state index in [1.54, 1.807) is 0 Å². The fourth-order valence-corrected chi connectivity index (χ4v) is 1.90. The molecule has 1 heterocycles. The van der Waals surface area contributed by atoms with Gasteiger partial charge in [-0.3, -0.25) is 4.79 Å². The summed E-state index contributed by atoms with van der Waals surface area (Å²) in [7, 11) is 0. The van der Waals surface area contributed by atoms with Gasteiger partial charge in [0.1, 0.15) is 0 Å². The first-order chi connectivity index (χ1) is 8.85. The van der Waals surface area contributed by atoms with Gasteiger partial charge in [-0.1, -0.05) is 5.16 Å². The molecule has 1 rings (SSSR count). The number of carbonyl (C=O) groups is 2. The van der Waals surface area contributed by atoms with Gasteiger partial charge in [0.25, 0.3) is 0 Å². The second-order valence-electron chi connectivity index (χ2n) is 4.78. The number of hydrogen-bond donors (Lipinski definition) is 3. The Morgan fingerprint density at radius 3 is 2.58 bits per heavy atom. The Balaban J connectivity index is 2.38. The largest absolute Gasteiger partial charge is 0.465 e. The summed E-state index contributed by atoms with van der Waals surface area (Å²) >= 11 is 0. The molecule has 1 unspecified atom stereocenters. The van der Waals surface area contributed by atoms with Crippen LogP contribution in [-0.2, 0) is 4.79 Å². The van der Waals surface area contributed by atoms with Crippen LogP contribution in [0.3, 0.4) is 0 Å². The van der Waals surface area contributed by atoms with Crippen molar-refractivity contribution in [3.05, 3.63) is 0 Å². The van der Waals surface area contributed by atoms with Gasteiger partial charge in [-0.2, -0.15) is 0 Å². The topological polar surface area (TPSA) is 102 Å². The predicted octanol–water partition coefficient (Wildman–Crippen LogP) is 0.681. The van der Waals surface area contributed by atoms with Crippen molar-refractivity contribution in [1.29, 1.82) is 0 Å². The van der Waals surface area contributed by atoms with Gasteiger partial charge in [-0.05, 0) is 19.8 Å². The van der Waals surface area contributed by atoms with Crippen LogP contribution in [0.5, 0.6) is 0 Å². The van der Waals surface area contributed by atoms with E-state index in [0.29, 0.717) is 32.1 Å². The molecule has 0 aliphatic carbocycles. The average Bonchev–Trinajstić information content (AvgIpc) is 2.36. The first-order valence-corrected chi connectivity index (χ1v) is 5.99. The quantitative estimate of drug-likeness (QED) is 0.399. The molecule has 2 amide bonds. The summed E-state index contributed by atoms with van der Waals surface area (Å²) in [6.07, 6.45) is 0.569. The Hall–Kier alpha value is -1.86. The first-order valence-electron chi connectivity index (χ1n) is 5.99. The number of amides is 2. The molecule has 3 N–H and O–H groups in total. The molecule has 8 heteroatoms. The maximum absolute atomic E-state index is 13.6. The third kappa shape index (κ3) is 4.72. The summed E-state index contributed by atoms with van der Waals surface area (Å²) in [5.41, 5.74) is -1.91. The van der Waals surface area contributed by atoms with E-state index in [-0.39, 0.29) is 18.4 Å². The number of nitrogens with zero attached hydrogens (tertiary/aromatic N) is 2. The highest BCUT2D eigenvalue weighted by Crippen LogP contribution is 2.17. The zero-order valence-corrected chi connectivity index (χ0v) is 10.7. The minimum absolute atomic E-state index is 0.283. The molecule has 0 spiro atoms. The number of carbonyl (C=O) groups excluding carboxylic acids is 1. The second-order valence-corrected chi connectivity index (χ2v) is 4.78. The van der Waals surface area contributed by atoms with Crippen LogP contribution in [-0.4, -0.2) is 58.7 Å². The molecule has 1 aliphatic heterocycles. The Morgan fingerprint density at radius 1 is 1.53 bits per heavy atom. The lowest BCUT2D eigenvalue weighted by Gasteiger charge is -2.29. The molecule has 0 radical (unpaired) electrons. The van der Waals surface area contributed by atoms with Crippen LogP contribution < -0.4 is 5.32 Å². The van der Waals surface area contributed by atoms with Crippen LogP contribution in [0.2, 0.25) is 0 Å². The maximum atomic E-state index is 13.6. The molecular weight excluding hydrogens is 257 g/mol. The number of halogens is 1. The summed E-state index contributed by atoms with van der Waals surface area (Å²) in [5.74, 6) is -0.613. The fraction of sp³-hybridized carbons (Fsp3) is 0.727. The van der Waals surface area contributed by atoms with Crippen LogP contribution in [0, 0.1) is 5.92 Å². The molecule has 0 bridgehead atoms. The van der Waals surface area contributed by atoms with Crippen molar-refractivity contribution in [2.75, 3.05) is 19.6 Å². The number of piperidine rings is 1. The SMILES string of the molecule is CC(F)(C=NO)CNC(=O)C1CCN(C(=O)O)CC1. The Kier molecular flexibility index (Phi) is 5.08. The van der Waals surface area contributed by atoms with Gasteiger partial charge in [0.05, 0.1) is 12.8 Å². The minimum Gasteiger partial charge on any atom is -0.465 e. The zero-order chi connectivity index (χ0) is 14.5. The van der Waals surface area contributed by atoms with Crippen molar-refractivity contribution < 1.29 is 24.3 Å². The lowest BCUT2D eigenvalue weighted by Crippen LogP contribution is -2.45. The summed E-state index contributed by atoms with van der Waals surface area (Å²) in [4.78, 5) is 23.7. The number of alkyl halides is 1. The molecule has 1 atom stereocenters. The van der Waals surface area contributed by atoms with Gasteiger partial charge in [-0.25, -0.2) is 9.18 Å². The van der Waals surface area contributed by atoms with E-state index in [4.69, 9.17) is 10.3 Å². The highest BCUT2D eigenvalue weighted by Gasteiger charge is 2.29. The molecule has 1 aliphatic rings. The lowest BCUT2D eigenvalue weighted by atomic mass is 9.96. The van der Waals surface area contributed by atoms with Crippen LogP contribution >= 0.6 is 0 Å². The summed E-state index contributed by atoms with van der Waals surface area (Å²) < 4.78 is 13.6. The Labute approximate surface area is 110 Å². The van der Waals surface area contributed by atoms with Crippen molar-refractivity contribution in [1.82, 2.24) is 10.2 Å². The number of carboxylic acid groups (broad SMARTS) is 1. The van der Waals surface area contributed by atoms with Crippen molar-refractivity contribution in [3.8, 4) is 0 Å². The Morgan fingerprint density at radius 2 is 2.11 bits per heavy atom. The monoisotopic (exact) mass is 275 g/mol. The number of hydrogen-bond acceptors (Lipinski definition) is 4. The average molecular weight is 275 g/mol. The molecule has 0 aromatic carbocycles. The van der Waals surface area contributed by atoms with Crippen molar-refractivity contribution in [3.63, 3.8) is 0 Å². The van der Waals surface area contributed by atoms with Crippen molar-refractivity contribution in [2.45, 2.75) is 25.4 Å². The highest BCUT2D eigenvalue weighted by atomic mass is 19.1. The van der Waals surface area contributed by atoms with Gasteiger partial charge < -0.3 is 20.5 Å². The van der Waals surface area contributed by atoms with E-state index in [0.717, 1.165) is 0 Å². The molecule has 0 aromatic heterocycles. The van der Waals surface area contributed by atoms with E-state index in [2.05, 4.69) is 10.5 Å². The van der Waals surface area contributed by atoms with E-state index in [1.807, 2.05) is 0 Å². The predicted molar refractivity (Wildman–Crippen MR) is 65.1 cm³/mol. The minimum atomic E-state index is -1.91. The number of likely N-dealkylation sites (tertiary alicyclic amines) is 1. The summed E-state index contributed by atoms with van der Waals surface area (Å²) in [6, 6.07) is 0. The standard InChI is InChI=1S/C11H18FN3O4/c1-11(12,7-14-19)6-13-9(16)8-2-4-15(5-3-8)10(17)18/h7-8,19H,2-6H2,1H3,(H,13,16)(H,17,18). The van der Waals surface area contributed by atoms with Gasteiger partial charge in [0.15, 0.2) is 5.67 Å². The van der Waals surface area contributed by atoms with Gasteiger partial charge >= 0.3 is 6.09 Å². The second kappa shape index (κ2) is 6.35. The van der Waals surface area contributed by atoms with Gasteiger partial charge in [0.2, 0.25) is 5.91 Å². The molecule has 0 aromatic rings. The first kappa shape index (κ1) is 15.2. The van der Waals surface area contributed by atoms with E-state index >= 15 is 0 Å². The van der Waals surface area contributed by atoms with Crippen LogP contribution in [0.1, 0.15) is 19.8 Å².